The fraction of sp³-hybridized carbons (Fsp3) is 0.222. The van der Waals surface area contributed by atoms with Crippen molar-refractivity contribution in [3.8, 4) is 5.75 Å². The number of methoxy groups -OCH3 is 1. The predicted octanol–water partition coefficient (Wildman–Crippen LogP) is 2.41. The average Bonchev–Trinajstić information content (AvgIpc) is 2.25. The third-order valence-electron chi connectivity index (χ3n) is 1.53. The van der Waals surface area contributed by atoms with E-state index >= 15 is 0 Å². The Balaban J connectivity index is 2.66. The van der Waals surface area contributed by atoms with Gasteiger partial charge in [0.2, 0.25) is 0 Å². The van der Waals surface area contributed by atoms with E-state index < -0.39 is 0 Å². The van der Waals surface area contributed by atoms with Gasteiger partial charge < -0.3 is 4.74 Å². The molecule has 72 valence electrons. The first-order valence-corrected chi connectivity index (χ1v) is 4.03. The second-order valence-electron chi connectivity index (χ2n) is 2.47. The molecule has 5 nitrogen and oxygen atoms in total. The number of azide groups is 1. The quantitative estimate of drug-likeness (QED) is 0.415. The fourth-order valence-corrected chi connectivity index (χ4v) is 0.911. The molecule has 0 amide bonds. The van der Waals surface area contributed by atoms with Crippen molar-refractivity contribution in [1.82, 2.24) is 4.98 Å². The number of hydrogen-bond acceptors (Lipinski definition) is 3. The van der Waals surface area contributed by atoms with Crippen LogP contribution in [0.25, 0.3) is 16.5 Å². The fourth-order valence-electron chi connectivity index (χ4n) is 0.911. The first kappa shape index (κ1) is 10.1. The van der Waals surface area contributed by atoms with Crippen LogP contribution in [0.1, 0.15) is 5.56 Å². The lowest BCUT2D eigenvalue weighted by Crippen LogP contribution is -1.84. The Morgan fingerprint density at radius 1 is 1.64 bits per heavy atom. The normalized spacial score (nSPS) is 9.79. The Kier molecular flexibility index (Phi) is 4.04. The molecule has 0 saturated carbocycles. The maximum Gasteiger partial charge on any atom is 0.137 e. The van der Waals surface area contributed by atoms with Crippen molar-refractivity contribution >= 4 is 6.08 Å². The van der Waals surface area contributed by atoms with Crippen molar-refractivity contribution in [1.29, 1.82) is 0 Å². The topological polar surface area (TPSA) is 70.9 Å². The number of aromatic nitrogens is 1. The number of nitrogens with zero attached hydrogens (tertiary/aromatic N) is 4. The van der Waals surface area contributed by atoms with Gasteiger partial charge in [-0.15, -0.1) is 0 Å². The van der Waals surface area contributed by atoms with Gasteiger partial charge in [0.05, 0.1) is 13.3 Å². The summed E-state index contributed by atoms with van der Waals surface area (Å²) in [5, 5.41) is 3.37. The molecule has 0 radical (unpaired) electrons. The van der Waals surface area contributed by atoms with Crippen LogP contribution in [0, 0.1) is 0 Å². The van der Waals surface area contributed by atoms with Crippen molar-refractivity contribution in [2.75, 3.05) is 13.7 Å². The minimum Gasteiger partial charge on any atom is -0.495 e. The zero-order chi connectivity index (χ0) is 10.2. The van der Waals surface area contributed by atoms with Gasteiger partial charge in [-0.1, -0.05) is 17.3 Å². The van der Waals surface area contributed by atoms with Gasteiger partial charge >= 0.3 is 0 Å². The summed E-state index contributed by atoms with van der Waals surface area (Å²) in [5.74, 6) is 0.705. The van der Waals surface area contributed by atoms with Crippen LogP contribution in [-0.4, -0.2) is 18.6 Å². The van der Waals surface area contributed by atoms with Crippen molar-refractivity contribution in [3.05, 3.63) is 40.5 Å². The summed E-state index contributed by atoms with van der Waals surface area (Å²) < 4.78 is 5.00. The van der Waals surface area contributed by atoms with E-state index in [-0.39, 0.29) is 0 Å². The Hall–Kier alpha value is -2.00. The Morgan fingerprint density at radius 2 is 2.50 bits per heavy atom. The van der Waals surface area contributed by atoms with Crippen LogP contribution in [0.15, 0.2) is 29.7 Å². The van der Waals surface area contributed by atoms with E-state index in [9.17, 15) is 0 Å². The summed E-state index contributed by atoms with van der Waals surface area (Å²) in [7, 11) is 1.59. The van der Waals surface area contributed by atoms with E-state index in [2.05, 4.69) is 15.0 Å². The van der Waals surface area contributed by atoms with Crippen molar-refractivity contribution in [3.63, 3.8) is 0 Å². The molecule has 5 heteroatoms. The second-order valence-corrected chi connectivity index (χ2v) is 2.47. The highest BCUT2D eigenvalue weighted by atomic mass is 16.5. The lowest BCUT2D eigenvalue weighted by atomic mass is 10.2. The average molecular weight is 190 g/mol. The highest BCUT2D eigenvalue weighted by Gasteiger charge is 1.91. The SMILES string of the molecule is COc1cncc(C=CCN=[N+]=[N-])c1. The van der Waals surface area contributed by atoms with Crippen LogP contribution in [-0.2, 0) is 0 Å². The number of rotatable bonds is 4. The highest BCUT2D eigenvalue weighted by molar-refractivity contribution is 5.50. The summed E-state index contributed by atoms with van der Waals surface area (Å²) in [6, 6.07) is 1.85. The summed E-state index contributed by atoms with van der Waals surface area (Å²) in [6.07, 6.45) is 6.92. The zero-order valence-electron chi connectivity index (χ0n) is 7.79. The van der Waals surface area contributed by atoms with E-state index in [1.165, 1.54) is 0 Å². The van der Waals surface area contributed by atoms with Gasteiger partial charge in [-0.05, 0) is 17.2 Å². The minimum absolute atomic E-state index is 0.341. The van der Waals surface area contributed by atoms with Crippen LogP contribution in [0.4, 0.5) is 0 Å². The van der Waals surface area contributed by atoms with Crippen LogP contribution in [0.2, 0.25) is 0 Å². The van der Waals surface area contributed by atoms with Gasteiger partial charge in [0.1, 0.15) is 5.75 Å². The summed E-state index contributed by atoms with van der Waals surface area (Å²) >= 11 is 0. The molecule has 0 fully saturated rings. The molecule has 0 saturated heterocycles. The largest absolute Gasteiger partial charge is 0.495 e. The molecule has 0 spiro atoms. The molecule has 0 aliphatic rings. The molecule has 0 aromatic carbocycles. The lowest BCUT2D eigenvalue weighted by molar-refractivity contribution is 0.413. The lowest BCUT2D eigenvalue weighted by Gasteiger charge is -1.98. The van der Waals surface area contributed by atoms with E-state index in [4.69, 9.17) is 10.3 Å². The molecule has 0 aliphatic heterocycles. The number of hydrogen-bond donors (Lipinski definition) is 0. The van der Waals surface area contributed by atoms with Crippen LogP contribution in [0.5, 0.6) is 5.75 Å². The van der Waals surface area contributed by atoms with E-state index in [0.717, 1.165) is 5.56 Å². The van der Waals surface area contributed by atoms with Gasteiger partial charge in [0.15, 0.2) is 0 Å². The van der Waals surface area contributed by atoms with Gasteiger partial charge in [0.25, 0.3) is 0 Å². The molecule has 0 aliphatic carbocycles. The van der Waals surface area contributed by atoms with E-state index in [0.29, 0.717) is 12.3 Å². The smallest absolute Gasteiger partial charge is 0.137 e. The molecule has 1 aromatic heterocycles. The third kappa shape index (κ3) is 3.16. The summed E-state index contributed by atoms with van der Waals surface area (Å²) in [4.78, 5) is 6.61. The Labute approximate surface area is 81.7 Å². The Morgan fingerprint density at radius 3 is 3.21 bits per heavy atom. The van der Waals surface area contributed by atoms with Crippen LogP contribution >= 0.6 is 0 Å². The molecule has 1 aromatic rings. The maximum atomic E-state index is 8.04. The van der Waals surface area contributed by atoms with Crippen molar-refractivity contribution in [2.45, 2.75) is 0 Å². The van der Waals surface area contributed by atoms with Crippen molar-refractivity contribution in [2.24, 2.45) is 5.11 Å². The van der Waals surface area contributed by atoms with Gasteiger partial charge in [-0.3, -0.25) is 4.98 Å². The molecule has 0 bridgehead atoms. The minimum atomic E-state index is 0.341. The molecule has 1 rings (SSSR count). The molecule has 0 atom stereocenters. The molecular formula is C9H10N4O. The molecule has 0 N–H and O–H groups in total. The highest BCUT2D eigenvalue weighted by Crippen LogP contribution is 2.11. The third-order valence-corrected chi connectivity index (χ3v) is 1.53. The van der Waals surface area contributed by atoms with Gasteiger partial charge in [-0.25, -0.2) is 0 Å². The molecular weight excluding hydrogens is 180 g/mol. The second kappa shape index (κ2) is 5.61. The van der Waals surface area contributed by atoms with Gasteiger partial charge in [0, 0.05) is 17.7 Å². The first-order valence-electron chi connectivity index (χ1n) is 4.03. The molecule has 14 heavy (non-hydrogen) atoms. The maximum absolute atomic E-state index is 8.04. The van der Waals surface area contributed by atoms with Gasteiger partial charge in [-0.2, -0.15) is 0 Å². The predicted molar refractivity (Wildman–Crippen MR) is 53.8 cm³/mol. The monoisotopic (exact) mass is 190 g/mol. The summed E-state index contributed by atoms with van der Waals surface area (Å²) in [6.45, 7) is 0.341. The van der Waals surface area contributed by atoms with Crippen LogP contribution in [0.3, 0.4) is 0 Å². The zero-order valence-corrected chi connectivity index (χ0v) is 7.79. The molecule has 1 heterocycles. The van der Waals surface area contributed by atoms with E-state index in [1.54, 1.807) is 25.6 Å². The number of pyridine rings is 1. The first-order chi connectivity index (χ1) is 6.86. The molecule has 0 unspecified atom stereocenters. The standard InChI is InChI=1S/C9H10N4O/c1-14-9-5-8(6-11-7-9)3-2-4-12-13-10/h2-3,5-7H,4H2,1H3. The Bertz CT molecular complexity index is 369. The number of ether oxygens (including phenoxy) is 1. The van der Waals surface area contributed by atoms with Crippen molar-refractivity contribution < 1.29 is 4.74 Å². The van der Waals surface area contributed by atoms with E-state index in [1.807, 2.05) is 12.1 Å². The summed E-state index contributed by atoms with van der Waals surface area (Å²) in [5.41, 5.74) is 8.95. The van der Waals surface area contributed by atoms with Crippen LogP contribution < -0.4 is 4.74 Å².